The first-order valence-electron chi connectivity index (χ1n) is 8.87. The number of nitrogens with zero attached hydrogens (tertiary/aromatic N) is 3. The predicted molar refractivity (Wildman–Crippen MR) is 105 cm³/mol. The molecule has 1 aliphatic rings. The minimum Gasteiger partial charge on any atom is -0.497 e. The first-order valence-corrected chi connectivity index (χ1v) is 9.28. The number of benzene rings is 1. The van der Waals surface area contributed by atoms with Crippen LogP contribution in [0.1, 0.15) is 16.8 Å². The largest absolute Gasteiger partial charge is 0.497 e. The van der Waals surface area contributed by atoms with Crippen LogP contribution >= 0.6 is 12.2 Å². The summed E-state index contributed by atoms with van der Waals surface area (Å²) < 4.78 is 8.00. The molecule has 3 rings (SSSR count). The number of aromatic nitrogens is 1. The van der Waals surface area contributed by atoms with Gasteiger partial charge in [-0.05, 0) is 49.7 Å². The van der Waals surface area contributed by atoms with Crippen LogP contribution in [0.15, 0.2) is 30.3 Å². The molecule has 1 saturated heterocycles. The van der Waals surface area contributed by atoms with Gasteiger partial charge >= 0.3 is 0 Å². The summed E-state index contributed by atoms with van der Waals surface area (Å²) in [5.74, 6) is 0.885. The van der Waals surface area contributed by atoms with E-state index in [0.717, 1.165) is 49.9 Å². The Hall–Kier alpha value is -2.36. The van der Waals surface area contributed by atoms with Crippen molar-refractivity contribution in [1.29, 1.82) is 5.26 Å². The SMILES string of the molecule is COc1ccc(N2CC[NH+](Cn3c(C)cc(C)c(C#N)c3=S)CC2)cc1. The highest BCUT2D eigenvalue weighted by Crippen LogP contribution is 2.19. The zero-order valence-electron chi connectivity index (χ0n) is 15.6. The number of nitriles is 1. The summed E-state index contributed by atoms with van der Waals surface area (Å²) in [6.45, 7) is 8.93. The lowest BCUT2D eigenvalue weighted by Crippen LogP contribution is -3.14. The number of hydrogen-bond acceptors (Lipinski definition) is 4. The fourth-order valence-corrected chi connectivity index (χ4v) is 3.93. The molecule has 0 amide bonds. The average molecular weight is 370 g/mol. The summed E-state index contributed by atoms with van der Waals surface area (Å²) in [4.78, 5) is 3.90. The Kier molecular flexibility index (Phi) is 5.60. The Morgan fingerprint density at radius 1 is 1.19 bits per heavy atom. The molecule has 0 aliphatic carbocycles. The first kappa shape index (κ1) is 18.4. The van der Waals surface area contributed by atoms with Gasteiger partial charge in [0.15, 0.2) is 6.67 Å². The van der Waals surface area contributed by atoms with E-state index in [1.165, 1.54) is 10.6 Å². The van der Waals surface area contributed by atoms with Gasteiger partial charge in [-0.3, -0.25) is 4.57 Å². The third kappa shape index (κ3) is 3.74. The molecule has 6 heteroatoms. The van der Waals surface area contributed by atoms with Gasteiger partial charge in [-0.2, -0.15) is 5.26 Å². The molecule has 1 fully saturated rings. The highest BCUT2D eigenvalue weighted by Gasteiger charge is 2.21. The molecule has 0 spiro atoms. The minimum atomic E-state index is 0.627. The van der Waals surface area contributed by atoms with Crippen LogP contribution in [0, 0.1) is 29.8 Å². The van der Waals surface area contributed by atoms with Crippen LogP contribution < -0.4 is 14.5 Å². The standard InChI is InChI=1S/C20H24N4OS/c1-15-12-16(2)24(20(26)19(15)13-21)14-22-8-10-23(11-9-22)17-4-6-18(25-3)7-5-17/h4-7,12H,8-11,14H2,1-3H3/p+1. The number of quaternary nitrogens is 1. The summed E-state index contributed by atoms with van der Waals surface area (Å²) in [5.41, 5.74) is 3.95. The van der Waals surface area contributed by atoms with Crippen LogP contribution in [0.3, 0.4) is 0 Å². The highest BCUT2D eigenvalue weighted by molar-refractivity contribution is 7.71. The fraction of sp³-hybridized carbons (Fsp3) is 0.400. The Morgan fingerprint density at radius 2 is 1.85 bits per heavy atom. The number of piperazine rings is 1. The van der Waals surface area contributed by atoms with Gasteiger partial charge in [-0.15, -0.1) is 0 Å². The van der Waals surface area contributed by atoms with Crippen LogP contribution in [0.2, 0.25) is 0 Å². The normalized spacial score (nSPS) is 14.9. The Bertz CT molecular complexity index is 874. The molecule has 1 aromatic carbocycles. The summed E-state index contributed by atoms with van der Waals surface area (Å²) in [6.07, 6.45) is 0. The molecular formula is C20H25N4OS+. The van der Waals surface area contributed by atoms with Crippen molar-refractivity contribution in [3.8, 4) is 11.8 Å². The zero-order chi connectivity index (χ0) is 18.7. The topological polar surface area (TPSA) is 45.6 Å². The van der Waals surface area contributed by atoms with E-state index in [4.69, 9.17) is 17.0 Å². The molecule has 0 atom stereocenters. The highest BCUT2D eigenvalue weighted by atomic mass is 32.1. The molecular weight excluding hydrogens is 344 g/mol. The van der Waals surface area contributed by atoms with Gasteiger partial charge in [-0.25, -0.2) is 0 Å². The molecule has 0 radical (unpaired) electrons. The zero-order valence-corrected chi connectivity index (χ0v) is 16.4. The van der Waals surface area contributed by atoms with Crippen LogP contribution in [0.25, 0.3) is 0 Å². The van der Waals surface area contributed by atoms with E-state index in [-0.39, 0.29) is 0 Å². The summed E-state index contributed by atoms with van der Waals surface area (Å²) in [5, 5.41) is 9.37. The van der Waals surface area contributed by atoms with Crippen LogP contribution in [0.4, 0.5) is 5.69 Å². The van der Waals surface area contributed by atoms with E-state index in [1.807, 2.05) is 19.1 Å². The lowest BCUT2D eigenvalue weighted by atomic mass is 10.1. The second kappa shape index (κ2) is 7.90. The van der Waals surface area contributed by atoms with E-state index in [0.29, 0.717) is 10.2 Å². The van der Waals surface area contributed by atoms with Crippen molar-refractivity contribution in [3.05, 3.63) is 51.8 Å². The lowest BCUT2D eigenvalue weighted by molar-refractivity contribution is -0.923. The Morgan fingerprint density at radius 3 is 2.42 bits per heavy atom. The van der Waals surface area contributed by atoms with Gasteiger partial charge in [0.2, 0.25) is 0 Å². The van der Waals surface area contributed by atoms with Gasteiger partial charge in [-0.1, -0.05) is 12.2 Å². The molecule has 136 valence electrons. The van der Waals surface area contributed by atoms with Crippen molar-refractivity contribution in [3.63, 3.8) is 0 Å². The van der Waals surface area contributed by atoms with Gasteiger partial charge in [0.05, 0.1) is 38.9 Å². The maximum atomic E-state index is 9.37. The molecule has 2 aromatic rings. The van der Waals surface area contributed by atoms with Gasteiger partial charge < -0.3 is 14.5 Å². The number of pyridine rings is 1. The van der Waals surface area contributed by atoms with E-state index >= 15 is 0 Å². The second-order valence-corrected chi connectivity index (χ2v) is 7.17. The molecule has 0 bridgehead atoms. The van der Waals surface area contributed by atoms with Crippen molar-refractivity contribution in [1.82, 2.24) is 4.57 Å². The van der Waals surface area contributed by atoms with E-state index in [9.17, 15) is 5.26 Å². The van der Waals surface area contributed by atoms with E-state index < -0.39 is 0 Å². The number of methoxy groups -OCH3 is 1. The number of anilines is 1. The van der Waals surface area contributed by atoms with E-state index in [2.05, 4.69) is 40.7 Å². The average Bonchev–Trinajstić information content (AvgIpc) is 2.66. The van der Waals surface area contributed by atoms with Gasteiger partial charge in [0, 0.05) is 11.4 Å². The third-order valence-corrected chi connectivity index (χ3v) is 5.53. The maximum absolute atomic E-state index is 9.37. The van der Waals surface area contributed by atoms with Crippen molar-refractivity contribution in [2.45, 2.75) is 20.5 Å². The quantitative estimate of drug-likeness (QED) is 0.838. The molecule has 1 aromatic heterocycles. The van der Waals surface area contributed by atoms with Gasteiger partial charge in [0.1, 0.15) is 16.5 Å². The number of rotatable bonds is 4. The number of aryl methyl sites for hydroxylation is 2. The van der Waals surface area contributed by atoms with Crippen LogP contribution in [-0.4, -0.2) is 37.9 Å². The summed E-state index contributed by atoms with van der Waals surface area (Å²) >= 11 is 5.56. The minimum absolute atomic E-state index is 0.627. The second-order valence-electron chi connectivity index (χ2n) is 6.78. The molecule has 2 heterocycles. The smallest absolute Gasteiger partial charge is 0.157 e. The fourth-order valence-electron chi connectivity index (χ4n) is 3.52. The van der Waals surface area contributed by atoms with Gasteiger partial charge in [0.25, 0.3) is 0 Å². The molecule has 0 unspecified atom stereocenters. The lowest BCUT2D eigenvalue weighted by Gasteiger charge is -2.34. The Balaban J connectivity index is 1.68. The molecule has 5 nitrogen and oxygen atoms in total. The molecule has 26 heavy (non-hydrogen) atoms. The Labute approximate surface area is 160 Å². The maximum Gasteiger partial charge on any atom is 0.157 e. The van der Waals surface area contributed by atoms with Crippen LogP contribution in [0.5, 0.6) is 5.75 Å². The number of ether oxygens (including phenoxy) is 1. The molecule has 1 aliphatic heterocycles. The number of hydrogen-bond donors (Lipinski definition) is 1. The van der Waals surface area contributed by atoms with Crippen molar-refractivity contribution in [2.75, 3.05) is 38.2 Å². The van der Waals surface area contributed by atoms with Crippen LogP contribution in [-0.2, 0) is 6.67 Å². The van der Waals surface area contributed by atoms with Crippen molar-refractivity contribution < 1.29 is 9.64 Å². The monoisotopic (exact) mass is 369 g/mol. The third-order valence-electron chi connectivity index (χ3n) is 5.11. The summed E-state index contributed by atoms with van der Waals surface area (Å²) in [6, 6.07) is 12.6. The summed E-state index contributed by atoms with van der Waals surface area (Å²) in [7, 11) is 1.69. The molecule has 1 N–H and O–H groups in total. The predicted octanol–water partition coefficient (Wildman–Crippen LogP) is 2.08. The van der Waals surface area contributed by atoms with E-state index in [1.54, 1.807) is 7.11 Å². The van der Waals surface area contributed by atoms with Crippen molar-refractivity contribution in [2.24, 2.45) is 0 Å². The van der Waals surface area contributed by atoms with Crippen molar-refractivity contribution >= 4 is 17.9 Å². The number of nitrogens with one attached hydrogen (secondary N) is 1. The first-order chi connectivity index (χ1) is 12.5. The molecule has 0 saturated carbocycles.